The Hall–Kier alpha value is -3.02. The zero-order chi connectivity index (χ0) is 18.7. The van der Waals surface area contributed by atoms with Gasteiger partial charge in [-0.1, -0.05) is 25.1 Å². The van der Waals surface area contributed by atoms with Gasteiger partial charge < -0.3 is 20.1 Å². The van der Waals surface area contributed by atoms with Gasteiger partial charge in [-0.25, -0.2) is 0 Å². The molecule has 0 unspecified atom stereocenters. The third-order valence-corrected chi connectivity index (χ3v) is 4.13. The first-order valence-corrected chi connectivity index (χ1v) is 8.54. The van der Waals surface area contributed by atoms with Crippen LogP contribution in [0.4, 0.5) is 11.4 Å². The minimum atomic E-state index is -0.955. The lowest BCUT2D eigenvalue weighted by Crippen LogP contribution is -2.45. The number of rotatable bonds is 5. The number of aryl methyl sites for hydroxylation is 1. The van der Waals surface area contributed by atoms with Crippen LogP contribution in [-0.4, -0.2) is 24.0 Å². The van der Waals surface area contributed by atoms with Gasteiger partial charge in [-0.2, -0.15) is 0 Å². The number of carbonyl (C=O) groups excluding carboxylic acids is 2. The monoisotopic (exact) mass is 354 g/mol. The normalized spacial score (nSPS) is 14.7. The highest BCUT2D eigenvalue weighted by Gasteiger charge is 2.36. The fourth-order valence-electron chi connectivity index (χ4n) is 2.62. The Morgan fingerprint density at radius 2 is 2.00 bits per heavy atom. The molecule has 6 nitrogen and oxygen atoms in total. The molecular weight excluding hydrogens is 332 g/mol. The third kappa shape index (κ3) is 3.79. The molecule has 0 spiro atoms. The molecule has 0 fully saturated rings. The van der Waals surface area contributed by atoms with Gasteiger partial charge in [0.25, 0.3) is 11.8 Å². The largest absolute Gasteiger partial charge is 0.484 e. The molecule has 0 atom stereocenters. The van der Waals surface area contributed by atoms with Crippen molar-refractivity contribution in [3.63, 3.8) is 0 Å². The zero-order valence-corrected chi connectivity index (χ0v) is 15.1. The van der Waals surface area contributed by atoms with Crippen molar-refractivity contribution >= 4 is 23.2 Å². The molecule has 3 rings (SSSR count). The van der Waals surface area contributed by atoms with E-state index in [-0.39, 0.29) is 18.4 Å². The number of hydrogen-bond donors (Lipinski definition) is 2. The topological polar surface area (TPSA) is 76.7 Å². The van der Waals surface area contributed by atoms with E-state index in [9.17, 15) is 9.59 Å². The Balaban J connectivity index is 1.68. The Labute approximate surface area is 152 Å². The van der Waals surface area contributed by atoms with E-state index in [1.807, 2.05) is 24.3 Å². The van der Waals surface area contributed by atoms with Gasteiger partial charge in [-0.05, 0) is 50.1 Å². The van der Waals surface area contributed by atoms with Crippen molar-refractivity contribution in [3.8, 4) is 11.5 Å². The van der Waals surface area contributed by atoms with Crippen LogP contribution in [0.1, 0.15) is 26.3 Å². The second-order valence-corrected chi connectivity index (χ2v) is 6.58. The zero-order valence-electron chi connectivity index (χ0n) is 15.1. The summed E-state index contributed by atoms with van der Waals surface area (Å²) in [5, 5.41) is 5.55. The van der Waals surface area contributed by atoms with E-state index in [1.54, 1.807) is 32.0 Å². The lowest BCUT2D eigenvalue weighted by atomic mass is 10.1. The summed E-state index contributed by atoms with van der Waals surface area (Å²) >= 11 is 0. The first kappa shape index (κ1) is 17.8. The summed E-state index contributed by atoms with van der Waals surface area (Å²) in [6, 6.07) is 12.8. The van der Waals surface area contributed by atoms with Crippen LogP contribution in [0.5, 0.6) is 11.5 Å². The maximum absolute atomic E-state index is 12.2. The summed E-state index contributed by atoms with van der Waals surface area (Å²) in [6.07, 6.45) is 0.898. The Kier molecular flexibility index (Phi) is 4.84. The Morgan fingerprint density at radius 3 is 2.77 bits per heavy atom. The van der Waals surface area contributed by atoms with Crippen LogP contribution in [0.25, 0.3) is 0 Å². The minimum Gasteiger partial charge on any atom is -0.484 e. The molecule has 0 radical (unpaired) electrons. The van der Waals surface area contributed by atoms with Crippen LogP contribution in [0, 0.1) is 0 Å². The van der Waals surface area contributed by atoms with Crippen LogP contribution in [0.2, 0.25) is 0 Å². The Bertz CT molecular complexity index is 845. The molecule has 1 aliphatic rings. The van der Waals surface area contributed by atoms with Crippen molar-refractivity contribution in [2.24, 2.45) is 0 Å². The highest BCUT2D eigenvalue weighted by molar-refractivity contribution is 6.06. The molecule has 0 aromatic heterocycles. The fourth-order valence-corrected chi connectivity index (χ4v) is 2.62. The second kappa shape index (κ2) is 7.07. The van der Waals surface area contributed by atoms with E-state index in [1.165, 1.54) is 0 Å². The van der Waals surface area contributed by atoms with Gasteiger partial charge in [0.2, 0.25) is 0 Å². The Morgan fingerprint density at radius 1 is 1.23 bits per heavy atom. The molecule has 2 aromatic rings. The van der Waals surface area contributed by atoms with E-state index < -0.39 is 5.60 Å². The van der Waals surface area contributed by atoms with Crippen molar-refractivity contribution < 1.29 is 19.1 Å². The van der Waals surface area contributed by atoms with Crippen molar-refractivity contribution in [1.82, 2.24) is 0 Å². The van der Waals surface area contributed by atoms with Gasteiger partial charge in [0.05, 0.1) is 5.69 Å². The lowest BCUT2D eigenvalue weighted by Gasteiger charge is -2.32. The van der Waals surface area contributed by atoms with E-state index >= 15 is 0 Å². The molecule has 0 bridgehead atoms. The quantitative estimate of drug-likeness (QED) is 0.863. The molecule has 26 heavy (non-hydrogen) atoms. The summed E-state index contributed by atoms with van der Waals surface area (Å²) < 4.78 is 11.3. The van der Waals surface area contributed by atoms with Gasteiger partial charge in [-0.3, -0.25) is 9.59 Å². The molecule has 1 heterocycles. The summed E-state index contributed by atoms with van der Waals surface area (Å²) in [4.78, 5) is 24.4. The minimum absolute atomic E-state index is 0.128. The fraction of sp³-hybridized carbons (Fsp3) is 0.300. The van der Waals surface area contributed by atoms with Gasteiger partial charge in [-0.15, -0.1) is 0 Å². The van der Waals surface area contributed by atoms with E-state index in [4.69, 9.17) is 9.47 Å². The molecule has 0 saturated heterocycles. The number of benzene rings is 2. The summed E-state index contributed by atoms with van der Waals surface area (Å²) in [7, 11) is 0. The lowest BCUT2D eigenvalue weighted by molar-refractivity contribution is -0.129. The standard InChI is InChI=1S/C20H22N2O4/c1-4-13-7-5-8-14(11-13)25-12-17(23)21-15-9-6-10-16-18(15)22-19(24)20(2,3)26-16/h5-11H,4,12H2,1-3H3,(H,21,23)(H,22,24). The van der Waals surface area contributed by atoms with Crippen LogP contribution in [-0.2, 0) is 16.0 Å². The van der Waals surface area contributed by atoms with Gasteiger partial charge in [0, 0.05) is 0 Å². The molecule has 6 heteroatoms. The van der Waals surface area contributed by atoms with Crippen LogP contribution >= 0.6 is 0 Å². The number of ether oxygens (including phenoxy) is 2. The number of para-hydroxylation sites is 1. The van der Waals surface area contributed by atoms with Crippen LogP contribution < -0.4 is 20.1 Å². The van der Waals surface area contributed by atoms with Crippen molar-refractivity contribution in [3.05, 3.63) is 48.0 Å². The maximum atomic E-state index is 12.2. The molecule has 2 N–H and O–H groups in total. The van der Waals surface area contributed by atoms with Crippen molar-refractivity contribution in [2.75, 3.05) is 17.2 Å². The van der Waals surface area contributed by atoms with E-state index in [2.05, 4.69) is 17.6 Å². The number of anilines is 2. The molecule has 0 aliphatic carbocycles. The van der Waals surface area contributed by atoms with Gasteiger partial charge >= 0.3 is 0 Å². The highest BCUT2D eigenvalue weighted by Crippen LogP contribution is 2.38. The molecule has 136 valence electrons. The SMILES string of the molecule is CCc1cccc(OCC(=O)Nc2cccc3c2NC(=O)C(C)(C)O3)c1. The maximum Gasteiger partial charge on any atom is 0.268 e. The average Bonchev–Trinajstić information content (AvgIpc) is 2.61. The summed E-state index contributed by atoms with van der Waals surface area (Å²) in [6.45, 7) is 5.31. The summed E-state index contributed by atoms with van der Waals surface area (Å²) in [5.41, 5.74) is 1.12. The number of fused-ring (bicyclic) bond motifs is 1. The van der Waals surface area contributed by atoms with Gasteiger partial charge in [0.1, 0.15) is 17.2 Å². The molecule has 2 amide bonds. The molecule has 2 aromatic carbocycles. The first-order valence-electron chi connectivity index (χ1n) is 8.54. The molecular formula is C20H22N2O4. The van der Waals surface area contributed by atoms with E-state index in [0.717, 1.165) is 12.0 Å². The van der Waals surface area contributed by atoms with Crippen molar-refractivity contribution in [2.45, 2.75) is 32.8 Å². The summed E-state index contributed by atoms with van der Waals surface area (Å²) in [5.74, 6) is 0.579. The predicted molar refractivity (Wildman–Crippen MR) is 99.7 cm³/mol. The number of hydrogen-bond acceptors (Lipinski definition) is 4. The third-order valence-electron chi connectivity index (χ3n) is 4.13. The second-order valence-electron chi connectivity index (χ2n) is 6.58. The smallest absolute Gasteiger partial charge is 0.268 e. The van der Waals surface area contributed by atoms with E-state index in [0.29, 0.717) is 22.9 Å². The first-order chi connectivity index (χ1) is 12.4. The number of nitrogens with one attached hydrogen (secondary N) is 2. The van der Waals surface area contributed by atoms with Gasteiger partial charge in [0.15, 0.2) is 12.2 Å². The number of amides is 2. The highest BCUT2D eigenvalue weighted by atomic mass is 16.5. The molecule has 1 aliphatic heterocycles. The van der Waals surface area contributed by atoms with Crippen LogP contribution in [0.3, 0.4) is 0 Å². The number of carbonyl (C=O) groups is 2. The predicted octanol–water partition coefficient (Wildman–Crippen LogP) is 3.38. The van der Waals surface area contributed by atoms with Crippen molar-refractivity contribution in [1.29, 1.82) is 0 Å². The molecule has 0 saturated carbocycles. The average molecular weight is 354 g/mol. The van der Waals surface area contributed by atoms with Crippen LogP contribution in [0.15, 0.2) is 42.5 Å².